The summed E-state index contributed by atoms with van der Waals surface area (Å²) < 4.78 is 23.0. The molecule has 1 aliphatic heterocycles. The standard InChI is InChI=1S/C11H9Br2ClN2O5S/c12-8-2-7(16(18)19)3-9(13)11(8)15-4-6(1-10(15)17)5-22(14,20)21/h2-3,6H,1,4-5H2. The summed E-state index contributed by atoms with van der Waals surface area (Å²) >= 11 is 6.42. The highest BCUT2D eigenvalue weighted by molar-refractivity contribution is 9.11. The van der Waals surface area contributed by atoms with Crippen LogP contribution in [0.25, 0.3) is 0 Å². The summed E-state index contributed by atoms with van der Waals surface area (Å²) in [5, 5.41) is 10.8. The van der Waals surface area contributed by atoms with E-state index in [1.807, 2.05) is 0 Å². The van der Waals surface area contributed by atoms with Crippen molar-refractivity contribution in [3.05, 3.63) is 31.2 Å². The van der Waals surface area contributed by atoms with Gasteiger partial charge in [0.15, 0.2) is 0 Å². The van der Waals surface area contributed by atoms with E-state index in [-0.39, 0.29) is 30.3 Å². The second-order valence-electron chi connectivity index (χ2n) is 4.80. The molecule has 1 unspecified atom stereocenters. The van der Waals surface area contributed by atoms with E-state index < -0.39 is 19.9 Å². The first-order chi connectivity index (χ1) is 10.1. The molecule has 1 atom stereocenters. The third-order valence-electron chi connectivity index (χ3n) is 3.12. The van der Waals surface area contributed by atoms with Gasteiger partial charge in [-0.3, -0.25) is 14.9 Å². The fraction of sp³-hybridized carbons (Fsp3) is 0.364. The van der Waals surface area contributed by atoms with Gasteiger partial charge in [-0.2, -0.15) is 0 Å². The summed E-state index contributed by atoms with van der Waals surface area (Å²) in [6, 6.07) is 2.58. The number of non-ortho nitro benzene ring substituents is 1. The molecule has 22 heavy (non-hydrogen) atoms. The van der Waals surface area contributed by atoms with E-state index in [0.29, 0.717) is 14.6 Å². The molecule has 0 N–H and O–H groups in total. The molecule has 0 spiro atoms. The minimum atomic E-state index is -3.69. The predicted octanol–water partition coefficient (Wildman–Crippen LogP) is 3.04. The molecule has 120 valence electrons. The summed E-state index contributed by atoms with van der Waals surface area (Å²) in [4.78, 5) is 23.8. The number of carbonyl (C=O) groups is 1. The number of amides is 1. The van der Waals surface area contributed by atoms with Crippen LogP contribution in [0.3, 0.4) is 0 Å². The molecule has 2 rings (SSSR count). The Balaban J connectivity index is 2.33. The van der Waals surface area contributed by atoms with Crippen molar-refractivity contribution in [3.8, 4) is 0 Å². The molecule has 1 aromatic rings. The second-order valence-corrected chi connectivity index (χ2v) is 9.33. The molecule has 0 aromatic heterocycles. The minimum absolute atomic E-state index is 0.0574. The maximum atomic E-state index is 12.1. The predicted molar refractivity (Wildman–Crippen MR) is 88.6 cm³/mol. The average molecular weight is 477 g/mol. The number of carbonyl (C=O) groups excluding carboxylic acids is 1. The Hall–Kier alpha value is -0.710. The number of halogens is 3. The lowest BCUT2D eigenvalue weighted by Crippen LogP contribution is -2.26. The Morgan fingerprint density at radius 1 is 1.36 bits per heavy atom. The molecule has 1 amide bonds. The Morgan fingerprint density at radius 2 is 1.91 bits per heavy atom. The van der Waals surface area contributed by atoms with Crippen LogP contribution in [0.5, 0.6) is 0 Å². The fourth-order valence-corrected chi connectivity index (χ4v) is 5.22. The quantitative estimate of drug-likeness (QED) is 0.378. The van der Waals surface area contributed by atoms with Crippen LogP contribution in [0, 0.1) is 16.0 Å². The van der Waals surface area contributed by atoms with Gasteiger partial charge >= 0.3 is 0 Å². The van der Waals surface area contributed by atoms with Gasteiger partial charge in [-0.1, -0.05) is 0 Å². The lowest BCUT2D eigenvalue weighted by Gasteiger charge is -2.19. The van der Waals surface area contributed by atoms with Gasteiger partial charge in [-0.15, -0.1) is 0 Å². The third kappa shape index (κ3) is 3.98. The number of anilines is 1. The van der Waals surface area contributed by atoms with Crippen LogP contribution in [0.15, 0.2) is 21.1 Å². The monoisotopic (exact) mass is 474 g/mol. The van der Waals surface area contributed by atoms with Gasteiger partial charge in [0.2, 0.25) is 15.0 Å². The van der Waals surface area contributed by atoms with E-state index in [1.165, 1.54) is 17.0 Å². The van der Waals surface area contributed by atoms with Crippen molar-refractivity contribution in [1.29, 1.82) is 0 Å². The smallest absolute Gasteiger partial charge is 0.271 e. The van der Waals surface area contributed by atoms with Crippen LogP contribution in [0.1, 0.15) is 6.42 Å². The van der Waals surface area contributed by atoms with E-state index in [2.05, 4.69) is 31.9 Å². The number of hydrogen-bond acceptors (Lipinski definition) is 5. The molecular formula is C11H9Br2ClN2O5S. The molecule has 11 heteroatoms. The first-order valence-electron chi connectivity index (χ1n) is 5.94. The van der Waals surface area contributed by atoms with Crippen molar-refractivity contribution < 1.29 is 18.1 Å². The van der Waals surface area contributed by atoms with Crippen molar-refractivity contribution >= 4 is 68.9 Å². The number of nitro groups is 1. The molecule has 1 aliphatic rings. The average Bonchev–Trinajstić information content (AvgIpc) is 2.66. The summed E-state index contributed by atoms with van der Waals surface area (Å²) in [5.74, 6) is -0.969. The van der Waals surface area contributed by atoms with Crippen LogP contribution >= 0.6 is 42.5 Å². The normalized spacial score (nSPS) is 18.8. The van der Waals surface area contributed by atoms with Gasteiger partial charge in [0.25, 0.3) is 5.69 Å². The molecule has 0 radical (unpaired) electrons. The fourth-order valence-electron chi connectivity index (χ4n) is 2.31. The Bertz CT molecular complexity index is 732. The highest BCUT2D eigenvalue weighted by Crippen LogP contribution is 2.40. The third-order valence-corrected chi connectivity index (χ3v) is 5.58. The van der Waals surface area contributed by atoms with Gasteiger partial charge in [-0.05, 0) is 31.9 Å². The summed E-state index contributed by atoms with van der Waals surface area (Å²) in [5.41, 5.74) is 0.305. The molecule has 0 saturated carbocycles. The van der Waals surface area contributed by atoms with Gasteiger partial charge in [0, 0.05) is 50.6 Å². The zero-order valence-corrected chi connectivity index (χ0v) is 15.6. The molecule has 0 aliphatic carbocycles. The lowest BCUT2D eigenvalue weighted by atomic mass is 10.1. The number of nitrogens with zero attached hydrogens (tertiary/aromatic N) is 2. The topological polar surface area (TPSA) is 97.6 Å². The van der Waals surface area contributed by atoms with Crippen molar-refractivity contribution in [2.45, 2.75) is 6.42 Å². The number of benzene rings is 1. The molecule has 7 nitrogen and oxygen atoms in total. The van der Waals surface area contributed by atoms with Crippen LogP contribution in [-0.4, -0.2) is 31.5 Å². The summed E-state index contributed by atoms with van der Waals surface area (Å²) in [6.45, 7) is 0.180. The van der Waals surface area contributed by atoms with Gasteiger partial charge in [0.05, 0.1) is 16.4 Å². The molecule has 1 heterocycles. The molecule has 1 aromatic carbocycles. The summed E-state index contributed by atoms with van der Waals surface area (Å²) in [6.07, 6.45) is 0.0574. The Labute approximate surface area is 147 Å². The highest BCUT2D eigenvalue weighted by Gasteiger charge is 2.35. The minimum Gasteiger partial charge on any atom is -0.310 e. The molecule has 1 saturated heterocycles. The Morgan fingerprint density at radius 3 is 2.36 bits per heavy atom. The van der Waals surface area contributed by atoms with E-state index in [4.69, 9.17) is 10.7 Å². The number of hydrogen-bond donors (Lipinski definition) is 0. The van der Waals surface area contributed by atoms with E-state index in [0.717, 1.165) is 0 Å². The van der Waals surface area contributed by atoms with Crippen molar-refractivity contribution in [3.63, 3.8) is 0 Å². The van der Waals surface area contributed by atoms with Gasteiger partial charge in [-0.25, -0.2) is 8.42 Å². The lowest BCUT2D eigenvalue weighted by molar-refractivity contribution is -0.385. The first kappa shape index (κ1) is 17.6. The van der Waals surface area contributed by atoms with E-state index in [9.17, 15) is 23.3 Å². The number of rotatable bonds is 4. The van der Waals surface area contributed by atoms with Crippen LogP contribution in [0.2, 0.25) is 0 Å². The highest BCUT2D eigenvalue weighted by atomic mass is 79.9. The van der Waals surface area contributed by atoms with Crippen LogP contribution in [0.4, 0.5) is 11.4 Å². The van der Waals surface area contributed by atoms with Crippen molar-refractivity contribution in [1.82, 2.24) is 0 Å². The van der Waals surface area contributed by atoms with Crippen molar-refractivity contribution in [2.24, 2.45) is 5.92 Å². The molecule has 1 fully saturated rings. The van der Waals surface area contributed by atoms with Gasteiger partial charge in [0.1, 0.15) is 0 Å². The largest absolute Gasteiger partial charge is 0.310 e. The van der Waals surface area contributed by atoms with Crippen LogP contribution in [-0.2, 0) is 13.8 Å². The van der Waals surface area contributed by atoms with E-state index >= 15 is 0 Å². The maximum Gasteiger partial charge on any atom is 0.271 e. The molecular weight excluding hydrogens is 467 g/mol. The molecule has 0 bridgehead atoms. The Kier molecular flexibility index (Phi) is 5.15. The maximum absolute atomic E-state index is 12.1. The van der Waals surface area contributed by atoms with Crippen LogP contribution < -0.4 is 4.90 Å². The summed E-state index contributed by atoms with van der Waals surface area (Å²) in [7, 11) is 1.53. The van der Waals surface area contributed by atoms with E-state index in [1.54, 1.807) is 0 Å². The zero-order chi connectivity index (χ0) is 16.7. The number of nitro benzene ring substituents is 1. The SMILES string of the molecule is O=C1CC(CS(=O)(=O)Cl)CN1c1c(Br)cc([N+](=O)[O-])cc1Br. The second kappa shape index (κ2) is 6.42. The van der Waals surface area contributed by atoms with Crippen molar-refractivity contribution in [2.75, 3.05) is 17.2 Å². The zero-order valence-electron chi connectivity index (χ0n) is 10.8. The first-order valence-corrected chi connectivity index (χ1v) is 10.0. The van der Waals surface area contributed by atoms with Gasteiger partial charge < -0.3 is 4.90 Å².